The van der Waals surface area contributed by atoms with Crippen molar-refractivity contribution in [2.24, 2.45) is 5.73 Å². The summed E-state index contributed by atoms with van der Waals surface area (Å²) in [6.07, 6.45) is 0. The van der Waals surface area contributed by atoms with Gasteiger partial charge in [-0.05, 0) is 19.1 Å². The van der Waals surface area contributed by atoms with Crippen molar-refractivity contribution in [3.63, 3.8) is 0 Å². The van der Waals surface area contributed by atoms with E-state index >= 15 is 0 Å². The smallest absolute Gasteiger partial charge is 0.148 e. The average Bonchev–Trinajstić information content (AvgIpc) is 2.60. The molecule has 0 atom stereocenters. The van der Waals surface area contributed by atoms with Crippen molar-refractivity contribution in [1.29, 1.82) is 0 Å². The molecule has 0 aliphatic carbocycles. The van der Waals surface area contributed by atoms with E-state index in [0.29, 0.717) is 23.2 Å². The van der Waals surface area contributed by atoms with Gasteiger partial charge >= 0.3 is 0 Å². The number of nitrogens with two attached hydrogens (primary N) is 1. The largest absolute Gasteiger partial charge is 0.324 e. The highest BCUT2D eigenvalue weighted by Crippen LogP contribution is 2.19. The second-order valence-electron chi connectivity index (χ2n) is 3.14. The van der Waals surface area contributed by atoms with Crippen LogP contribution >= 0.6 is 11.6 Å². The van der Waals surface area contributed by atoms with Gasteiger partial charge in [0.05, 0.1) is 17.3 Å². The minimum Gasteiger partial charge on any atom is -0.324 e. The minimum atomic E-state index is 0.339. The van der Waals surface area contributed by atoms with E-state index in [1.807, 2.05) is 31.2 Å². The van der Waals surface area contributed by atoms with Crippen molar-refractivity contribution in [3.05, 3.63) is 40.9 Å². The Kier molecular flexibility index (Phi) is 2.70. The summed E-state index contributed by atoms with van der Waals surface area (Å²) in [5.41, 5.74) is 6.39. The zero-order valence-corrected chi connectivity index (χ0v) is 9.07. The van der Waals surface area contributed by atoms with Crippen molar-refractivity contribution in [1.82, 2.24) is 14.8 Å². The first-order valence-electron chi connectivity index (χ1n) is 4.60. The number of benzene rings is 1. The molecule has 4 nitrogen and oxygen atoms in total. The lowest BCUT2D eigenvalue weighted by Crippen LogP contribution is -2.08. The van der Waals surface area contributed by atoms with Crippen LogP contribution in [0.2, 0.25) is 5.02 Å². The van der Waals surface area contributed by atoms with E-state index in [4.69, 9.17) is 17.3 Å². The van der Waals surface area contributed by atoms with Crippen LogP contribution in [0.15, 0.2) is 24.3 Å². The van der Waals surface area contributed by atoms with Gasteiger partial charge in [0.2, 0.25) is 0 Å². The normalized spacial score (nSPS) is 10.6. The number of hydrogen-bond donors (Lipinski definition) is 1. The standard InChI is InChI=1S/C10H11ClN4/c1-7-13-10(6-12)15(14-7)9-5-3-2-4-8(9)11/h2-5H,6,12H2,1H3. The first kappa shape index (κ1) is 10.1. The molecule has 2 N–H and O–H groups in total. The molecule has 0 saturated heterocycles. The van der Waals surface area contributed by atoms with Gasteiger partial charge in [-0.2, -0.15) is 5.10 Å². The summed E-state index contributed by atoms with van der Waals surface area (Å²) in [4.78, 5) is 4.21. The highest BCUT2D eigenvalue weighted by Gasteiger charge is 2.09. The van der Waals surface area contributed by atoms with Crippen LogP contribution in [0.3, 0.4) is 0 Å². The molecular formula is C10H11ClN4. The van der Waals surface area contributed by atoms with Gasteiger partial charge in [-0.3, -0.25) is 0 Å². The van der Waals surface area contributed by atoms with Crippen LogP contribution in [0.25, 0.3) is 5.69 Å². The van der Waals surface area contributed by atoms with Gasteiger partial charge in [-0.25, -0.2) is 9.67 Å². The molecular weight excluding hydrogens is 212 g/mol. The van der Waals surface area contributed by atoms with Crippen molar-refractivity contribution in [2.75, 3.05) is 0 Å². The molecule has 1 aromatic carbocycles. The molecule has 1 aromatic heterocycles. The van der Waals surface area contributed by atoms with Gasteiger partial charge in [-0.15, -0.1) is 0 Å². The molecule has 0 aliphatic rings. The third-order valence-corrected chi connectivity index (χ3v) is 2.36. The Morgan fingerprint density at radius 3 is 2.80 bits per heavy atom. The lowest BCUT2D eigenvalue weighted by atomic mass is 10.3. The molecule has 78 valence electrons. The molecule has 0 spiro atoms. The van der Waals surface area contributed by atoms with Crippen molar-refractivity contribution >= 4 is 11.6 Å². The minimum absolute atomic E-state index is 0.339. The topological polar surface area (TPSA) is 56.7 Å². The fourth-order valence-electron chi connectivity index (χ4n) is 1.41. The maximum absolute atomic E-state index is 6.07. The summed E-state index contributed by atoms with van der Waals surface area (Å²) in [5, 5.41) is 4.89. The van der Waals surface area contributed by atoms with Crippen molar-refractivity contribution in [3.8, 4) is 5.69 Å². The molecule has 5 heteroatoms. The van der Waals surface area contributed by atoms with Gasteiger partial charge in [-0.1, -0.05) is 23.7 Å². The van der Waals surface area contributed by atoms with E-state index in [9.17, 15) is 0 Å². The maximum Gasteiger partial charge on any atom is 0.148 e. The Labute approximate surface area is 92.7 Å². The first-order valence-corrected chi connectivity index (χ1v) is 4.97. The molecule has 0 unspecified atom stereocenters. The molecule has 0 fully saturated rings. The van der Waals surface area contributed by atoms with Crippen molar-refractivity contribution < 1.29 is 0 Å². The van der Waals surface area contributed by atoms with Crippen LogP contribution in [0.5, 0.6) is 0 Å². The molecule has 1 heterocycles. The van der Waals surface area contributed by atoms with E-state index in [2.05, 4.69) is 10.1 Å². The number of hydrogen-bond acceptors (Lipinski definition) is 3. The number of halogens is 1. The summed E-state index contributed by atoms with van der Waals surface area (Å²) in [6, 6.07) is 7.47. The van der Waals surface area contributed by atoms with E-state index in [1.54, 1.807) is 4.68 Å². The highest BCUT2D eigenvalue weighted by atomic mass is 35.5. The van der Waals surface area contributed by atoms with Crippen LogP contribution in [0.1, 0.15) is 11.6 Å². The summed E-state index contributed by atoms with van der Waals surface area (Å²) in [5.74, 6) is 1.40. The molecule has 0 aliphatic heterocycles. The Morgan fingerprint density at radius 2 is 2.13 bits per heavy atom. The Bertz CT molecular complexity index is 478. The third-order valence-electron chi connectivity index (χ3n) is 2.04. The lowest BCUT2D eigenvalue weighted by Gasteiger charge is -2.05. The van der Waals surface area contributed by atoms with Crippen LogP contribution in [-0.2, 0) is 6.54 Å². The maximum atomic E-state index is 6.07. The summed E-state index contributed by atoms with van der Waals surface area (Å²) in [6.45, 7) is 2.17. The van der Waals surface area contributed by atoms with Gasteiger partial charge in [0.15, 0.2) is 0 Å². The van der Waals surface area contributed by atoms with Gasteiger partial charge in [0.25, 0.3) is 0 Å². The molecule has 2 aromatic rings. The van der Waals surface area contributed by atoms with Crippen LogP contribution in [-0.4, -0.2) is 14.8 Å². The summed E-state index contributed by atoms with van der Waals surface area (Å²) >= 11 is 6.07. The molecule has 0 bridgehead atoms. The predicted octanol–water partition coefficient (Wildman–Crippen LogP) is 1.69. The SMILES string of the molecule is Cc1nc(CN)n(-c2ccccc2Cl)n1. The Hall–Kier alpha value is -1.39. The average molecular weight is 223 g/mol. The van der Waals surface area contributed by atoms with E-state index in [1.165, 1.54) is 0 Å². The predicted molar refractivity (Wildman–Crippen MR) is 59.0 cm³/mol. The third kappa shape index (κ3) is 1.86. The van der Waals surface area contributed by atoms with Gasteiger partial charge in [0.1, 0.15) is 11.6 Å². The molecule has 2 rings (SSSR count). The van der Waals surface area contributed by atoms with E-state index < -0.39 is 0 Å². The summed E-state index contributed by atoms with van der Waals surface area (Å²) in [7, 11) is 0. The zero-order chi connectivity index (χ0) is 10.8. The fourth-order valence-corrected chi connectivity index (χ4v) is 1.62. The zero-order valence-electron chi connectivity index (χ0n) is 8.31. The number of aromatic nitrogens is 3. The monoisotopic (exact) mass is 222 g/mol. The summed E-state index contributed by atoms with van der Waals surface area (Å²) < 4.78 is 1.68. The van der Waals surface area contributed by atoms with Crippen LogP contribution < -0.4 is 5.73 Å². The first-order chi connectivity index (χ1) is 7.22. The molecule has 0 amide bonds. The second kappa shape index (κ2) is 4.00. The fraction of sp³-hybridized carbons (Fsp3) is 0.200. The highest BCUT2D eigenvalue weighted by molar-refractivity contribution is 6.32. The quantitative estimate of drug-likeness (QED) is 0.841. The second-order valence-corrected chi connectivity index (χ2v) is 3.55. The molecule has 15 heavy (non-hydrogen) atoms. The Balaban J connectivity index is 2.58. The number of para-hydroxylation sites is 1. The number of rotatable bonds is 2. The molecule has 0 radical (unpaired) electrons. The number of aryl methyl sites for hydroxylation is 1. The van der Waals surface area contributed by atoms with Gasteiger partial charge in [0, 0.05) is 0 Å². The van der Waals surface area contributed by atoms with E-state index in [-0.39, 0.29) is 0 Å². The van der Waals surface area contributed by atoms with Crippen LogP contribution in [0, 0.1) is 6.92 Å². The number of nitrogens with zero attached hydrogens (tertiary/aromatic N) is 3. The Morgan fingerprint density at radius 1 is 1.40 bits per heavy atom. The van der Waals surface area contributed by atoms with E-state index in [0.717, 1.165) is 5.69 Å². The lowest BCUT2D eigenvalue weighted by molar-refractivity contribution is 0.786. The molecule has 0 saturated carbocycles. The van der Waals surface area contributed by atoms with Crippen LogP contribution in [0.4, 0.5) is 0 Å². The van der Waals surface area contributed by atoms with Crippen molar-refractivity contribution in [2.45, 2.75) is 13.5 Å². The van der Waals surface area contributed by atoms with Gasteiger partial charge < -0.3 is 5.73 Å².